The Morgan fingerprint density at radius 3 is 2.55 bits per heavy atom. The highest BCUT2D eigenvalue weighted by Gasteiger charge is 2.17. The van der Waals surface area contributed by atoms with Crippen molar-refractivity contribution in [1.29, 1.82) is 0 Å². The zero-order valence-corrected chi connectivity index (χ0v) is 13.1. The molecule has 1 aromatic carbocycles. The number of rotatable bonds is 8. The molecule has 0 spiro atoms. The number of thioether (sulfide) groups is 1. The van der Waals surface area contributed by atoms with Gasteiger partial charge < -0.3 is 15.2 Å². The molecule has 2 unspecified atom stereocenters. The minimum absolute atomic E-state index is 0.00258. The van der Waals surface area contributed by atoms with E-state index in [0.29, 0.717) is 5.75 Å². The highest BCUT2D eigenvalue weighted by molar-refractivity contribution is 7.99. The molecule has 0 aliphatic carbocycles. The van der Waals surface area contributed by atoms with Crippen molar-refractivity contribution in [2.24, 2.45) is 0 Å². The van der Waals surface area contributed by atoms with Gasteiger partial charge in [-0.25, -0.2) is 0 Å². The number of aliphatic hydroxyl groups is 1. The SMILES string of the molecule is CCc1ccc(OCC(=O)NC(C)C(CO)SC)cc1. The monoisotopic (exact) mass is 297 g/mol. The lowest BCUT2D eigenvalue weighted by molar-refractivity contribution is -0.123. The molecule has 0 saturated heterocycles. The van der Waals surface area contributed by atoms with E-state index >= 15 is 0 Å². The minimum atomic E-state index is -0.176. The number of benzene rings is 1. The summed E-state index contributed by atoms with van der Waals surface area (Å²) in [5.41, 5.74) is 1.24. The van der Waals surface area contributed by atoms with E-state index in [1.165, 1.54) is 17.3 Å². The van der Waals surface area contributed by atoms with Crippen molar-refractivity contribution in [2.45, 2.75) is 31.6 Å². The van der Waals surface area contributed by atoms with Gasteiger partial charge in [-0.3, -0.25) is 4.79 Å². The number of hydrogen-bond acceptors (Lipinski definition) is 4. The molecule has 0 saturated carbocycles. The predicted octanol–water partition coefficient (Wildman–Crippen LogP) is 1.86. The molecular weight excluding hydrogens is 274 g/mol. The first-order valence-electron chi connectivity index (χ1n) is 6.75. The van der Waals surface area contributed by atoms with Gasteiger partial charge in [0.25, 0.3) is 5.91 Å². The number of aliphatic hydroxyl groups excluding tert-OH is 1. The number of nitrogens with one attached hydrogen (secondary N) is 1. The third kappa shape index (κ3) is 5.43. The van der Waals surface area contributed by atoms with E-state index < -0.39 is 0 Å². The molecule has 1 aromatic rings. The molecule has 4 nitrogen and oxygen atoms in total. The van der Waals surface area contributed by atoms with E-state index in [4.69, 9.17) is 9.84 Å². The van der Waals surface area contributed by atoms with E-state index in [9.17, 15) is 4.79 Å². The Bertz CT molecular complexity index is 404. The molecule has 0 aromatic heterocycles. The summed E-state index contributed by atoms with van der Waals surface area (Å²) in [6, 6.07) is 7.63. The number of carbonyl (C=O) groups excluding carboxylic acids is 1. The molecule has 5 heteroatoms. The Morgan fingerprint density at radius 1 is 1.40 bits per heavy atom. The Hall–Kier alpha value is -1.20. The quantitative estimate of drug-likeness (QED) is 0.769. The maximum atomic E-state index is 11.8. The van der Waals surface area contributed by atoms with Crippen LogP contribution in [0.1, 0.15) is 19.4 Å². The average Bonchev–Trinajstić information content (AvgIpc) is 2.47. The first kappa shape index (κ1) is 16.9. The molecule has 2 N–H and O–H groups in total. The van der Waals surface area contributed by atoms with Crippen LogP contribution in [-0.4, -0.2) is 41.8 Å². The van der Waals surface area contributed by atoms with Crippen molar-refractivity contribution < 1.29 is 14.6 Å². The predicted molar refractivity (Wildman–Crippen MR) is 83.3 cm³/mol. The summed E-state index contributed by atoms with van der Waals surface area (Å²) in [6.45, 7) is 4.00. The third-order valence-electron chi connectivity index (χ3n) is 3.13. The fourth-order valence-corrected chi connectivity index (χ4v) is 2.42. The number of aryl methyl sites for hydroxylation is 1. The van der Waals surface area contributed by atoms with Gasteiger partial charge in [-0.05, 0) is 37.3 Å². The van der Waals surface area contributed by atoms with Crippen LogP contribution >= 0.6 is 11.8 Å². The lowest BCUT2D eigenvalue weighted by Gasteiger charge is -2.21. The van der Waals surface area contributed by atoms with Gasteiger partial charge in [0.2, 0.25) is 0 Å². The van der Waals surface area contributed by atoms with Gasteiger partial charge in [-0.15, -0.1) is 0 Å². The number of ether oxygens (including phenoxy) is 1. The van der Waals surface area contributed by atoms with Crippen LogP contribution < -0.4 is 10.1 Å². The second-order valence-electron chi connectivity index (χ2n) is 4.60. The number of amides is 1. The molecule has 0 aliphatic heterocycles. The summed E-state index contributed by atoms with van der Waals surface area (Å²) in [6.07, 6.45) is 2.89. The van der Waals surface area contributed by atoms with Gasteiger partial charge in [-0.1, -0.05) is 19.1 Å². The zero-order chi connectivity index (χ0) is 15.0. The highest BCUT2D eigenvalue weighted by atomic mass is 32.2. The molecule has 1 amide bonds. The largest absolute Gasteiger partial charge is 0.484 e. The van der Waals surface area contributed by atoms with Gasteiger partial charge in [0.15, 0.2) is 6.61 Å². The fraction of sp³-hybridized carbons (Fsp3) is 0.533. The Morgan fingerprint density at radius 2 is 2.05 bits per heavy atom. The molecule has 112 valence electrons. The molecule has 0 bridgehead atoms. The summed E-state index contributed by atoms with van der Waals surface area (Å²) < 4.78 is 5.43. The summed E-state index contributed by atoms with van der Waals surface area (Å²) in [7, 11) is 0. The Labute approximate surface area is 124 Å². The van der Waals surface area contributed by atoms with Crippen LogP contribution in [0.2, 0.25) is 0 Å². The van der Waals surface area contributed by atoms with Crippen LogP contribution in [0.25, 0.3) is 0 Å². The van der Waals surface area contributed by atoms with E-state index in [0.717, 1.165) is 6.42 Å². The molecule has 0 radical (unpaired) electrons. The molecular formula is C15H23NO3S. The first-order valence-corrected chi connectivity index (χ1v) is 8.04. The topological polar surface area (TPSA) is 58.6 Å². The van der Waals surface area contributed by atoms with Crippen LogP contribution in [0, 0.1) is 0 Å². The van der Waals surface area contributed by atoms with Gasteiger partial charge in [0.1, 0.15) is 5.75 Å². The second-order valence-corrected chi connectivity index (χ2v) is 5.68. The van der Waals surface area contributed by atoms with Crippen molar-refractivity contribution in [3.8, 4) is 5.75 Å². The maximum Gasteiger partial charge on any atom is 0.258 e. The maximum absolute atomic E-state index is 11.8. The third-order valence-corrected chi connectivity index (χ3v) is 4.29. The number of hydrogen-bond donors (Lipinski definition) is 2. The minimum Gasteiger partial charge on any atom is -0.484 e. The van der Waals surface area contributed by atoms with E-state index in [2.05, 4.69) is 12.2 Å². The molecule has 0 fully saturated rings. The highest BCUT2D eigenvalue weighted by Crippen LogP contribution is 2.13. The van der Waals surface area contributed by atoms with E-state index in [1.54, 1.807) is 0 Å². The van der Waals surface area contributed by atoms with Crippen molar-refractivity contribution in [2.75, 3.05) is 19.5 Å². The summed E-state index contributed by atoms with van der Waals surface area (Å²) in [4.78, 5) is 11.8. The van der Waals surface area contributed by atoms with Crippen molar-refractivity contribution in [3.63, 3.8) is 0 Å². The average molecular weight is 297 g/mol. The molecule has 1 rings (SSSR count). The lowest BCUT2D eigenvalue weighted by Crippen LogP contribution is -2.43. The van der Waals surface area contributed by atoms with Crippen LogP contribution in [-0.2, 0) is 11.2 Å². The van der Waals surface area contributed by atoms with Gasteiger partial charge >= 0.3 is 0 Å². The smallest absolute Gasteiger partial charge is 0.258 e. The fourth-order valence-electron chi connectivity index (χ4n) is 1.80. The van der Waals surface area contributed by atoms with Crippen LogP contribution in [0.15, 0.2) is 24.3 Å². The first-order chi connectivity index (χ1) is 9.60. The van der Waals surface area contributed by atoms with Crippen LogP contribution in [0.3, 0.4) is 0 Å². The molecule has 20 heavy (non-hydrogen) atoms. The van der Waals surface area contributed by atoms with Crippen molar-refractivity contribution in [1.82, 2.24) is 5.32 Å². The lowest BCUT2D eigenvalue weighted by atomic mass is 10.2. The van der Waals surface area contributed by atoms with E-state index in [-0.39, 0.29) is 30.4 Å². The van der Waals surface area contributed by atoms with Gasteiger partial charge in [-0.2, -0.15) is 11.8 Å². The molecule has 0 aliphatic rings. The summed E-state index contributed by atoms with van der Waals surface area (Å²) >= 11 is 1.53. The van der Waals surface area contributed by atoms with Crippen molar-refractivity contribution in [3.05, 3.63) is 29.8 Å². The Kier molecular flexibility index (Phi) is 7.47. The Balaban J connectivity index is 2.38. The number of carbonyl (C=O) groups is 1. The van der Waals surface area contributed by atoms with Gasteiger partial charge in [0.05, 0.1) is 6.61 Å². The normalized spacial score (nSPS) is 13.6. The van der Waals surface area contributed by atoms with Crippen LogP contribution in [0.5, 0.6) is 5.75 Å². The van der Waals surface area contributed by atoms with E-state index in [1.807, 2.05) is 37.4 Å². The van der Waals surface area contributed by atoms with Crippen LogP contribution in [0.4, 0.5) is 0 Å². The molecule has 2 atom stereocenters. The zero-order valence-electron chi connectivity index (χ0n) is 12.3. The van der Waals surface area contributed by atoms with Gasteiger partial charge in [0, 0.05) is 11.3 Å². The summed E-state index contributed by atoms with van der Waals surface area (Å²) in [5.74, 6) is 0.512. The second kappa shape index (κ2) is 8.87. The van der Waals surface area contributed by atoms with Crippen molar-refractivity contribution >= 4 is 17.7 Å². The summed E-state index contributed by atoms with van der Waals surface area (Å²) in [5, 5.41) is 12.0. The molecule has 0 heterocycles. The standard InChI is InChI=1S/C15H23NO3S/c1-4-12-5-7-13(8-6-12)19-10-15(18)16-11(2)14(9-17)20-3/h5-8,11,14,17H,4,9-10H2,1-3H3,(H,16,18).